The molecule has 1 aromatic rings. The van der Waals surface area contributed by atoms with Crippen molar-refractivity contribution in [3.8, 4) is 0 Å². The van der Waals surface area contributed by atoms with Crippen LogP contribution in [0.25, 0.3) is 0 Å². The van der Waals surface area contributed by atoms with Crippen molar-refractivity contribution in [3.63, 3.8) is 0 Å². The molecule has 0 radical (unpaired) electrons. The Morgan fingerprint density at radius 3 is 2.17 bits per heavy atom. The van der Waals surface area contributed by atoms with Crippen LogP contribution in [0, 0.1) is 49.4 Å². The van der Waals surface area contributed by atoms with Crippen molar-refractivity contribution in [1.82, 2.24) is 4.90 Å². The highest BCUT2D eigenvalue weighted by Gasteiger charge is 2.67. The number of hydrogen-bond donors (Lipinski definition) is 0. The van der Waals surface area contributed by atoms with Gasteiger partial charge in [0, 0.05) is 5.69 Å². The highest BCUT2D eigenvalue weighted by molar-refractivity contribution is 6.07. The van der Waals surface area contributed by atoms with Gasteiger partial charge in [-0.1, -0.05) is 24.3 Å². The zero-order valence-electron chi connectivity index (χ0n) is 16.5. The van der Waals surface area contributed by atoms with Crippen LogP contribution < -0.4 is 4.90 Å². The smallest absolute Gasteiger partial charge is 0.286 e. The SMILES string of the molecule is Cc1cccc(N(CN2C(=O)[C@@H]3[C@H]4C=C[C@@H]([C@@H]5C[C@@H]45)[C@H]3C2=O)C(=O)C(F)(F)F)c1C. The molecule has 5 nitrogen and oxygen atoms in total. The van der Waals surface area contributed by atoms with E-state index in [0.29, 0.717) is 27.9 Å². The van der Waals surface area contributed by atoms with Crippen LogP contribution in [0.2, 0.25) is 0 Å². The fourth-order valence-corrected chi connectivity index (χ4v) is 5.73. The number of nitrogens with zero attached hydrogens (tertiary/aromatic N) is 2. The predicted octanol–water partition coefficient (Wildman–Crippen LogP) is 3.21. The van der Waals surface area contributed by atoms with Gasteiger partial charge in [-0.2, -0.15) is 13.2 Å². The summed E-state index contributed by atoms with van der Waals surface area (Å²) in [7, 11) is 0. The molecule has 30 heavy (non-hydrogen) atoms. The third-order valence-electron chi connectivity index (χ3n) is 7.39. The lowest BCUT2D eigenvalue weighted by atomic mass is 9.63. The van der Waals surface area contributed by atoms with Gasteiger partial charge in [0.15, 0.2) is 0 Å². The van der Waals surface area contributed by atoms with Crippen LogP contribution in [0.4, 0.5) is 18.9 Å². The number of halogens is 3. The maximum atomic E-state index is 13.4. The van der Waals surface area contributed by atoms with E-state index in [1.165, 1.54) is 6.07 Å². The molecular weight excluding hydrogens is 397 g/mol. The molecule has 1 aromatic carbocycles. The number of hydrogen-bond acceptors (Lipinski definition) is 3. The van der Waals surface area contributed by atoms with Crippen molar-refractivity contribution < 1.29 is 27.6 Å². The summed E-state index contributed by atoms with van der Waals surface area (Å²) >= 11 is 0. The quantitative estimate of drug-likeness (QED) is 0.560. The highest BCUT2D eigenvalue weighted by Crippen LogP contribution is 2.65. The van der Waals surface area contributed by atoms with E-state index < -0.39 is 42.4 Å². The number of benzene rings is 1. The Balaban J connectivity index is 1.50. The minimum Gasteiger partial charge on any atom is -0.286 e. The van der Waals surface area contributed by atoms with Gasteiger partial charge in [-0.15, -0.1) is 0 Å². The van der Waals surface area contributed by atoms with E-state index in [4.69, 9.17) is 0 Å². The van der Waals surface area contributed by atoms with Gasteiger partial charge >= 0.3 is 12.1 Å². The molecule has 6 rings (SSSR count). The average molecular weight is 418 g/mol. The first kappa shape index (κ1) is 19.3. The van der Waals surface area contributed by atoms with Crippen molar-refractivity contribution in [3.05, 3.63) is 41.5 Å². The van der Waals surface area contributed by atoms with E-state index >= 15 is 0 Å². The highest BCUT2D eigenvalue weighted by atomic mass is 19.4. The van der Waals surface area contributed by atoms with Gasteiger partial charge in [-0.25, -0.2) is 0 Å². The monoisotopic (exact) mass is 418 g/mol. The summed E-state index contributed by atoms with van der Waals surface area (Å²) in [6.07, 6.45) is -0.135. The standard InChI is InChI=1S/C22H21F3N2O3/c1-10-4-3-5-16(11(10)2)26(21(30)22(23,24)25)9-27-19(28)17-12-6-7-13(15-8-14(12)15)18(17)20(27)29/h3-7,12-15,17-18H,8-9H2,1-2H3/t12-,13-,14-,15-,17+,18+/m0/s1. The number of imide groups is 1. The van der Waals surface area contributed by atoms with Crippen molar-refractivity contribution in [2.24, 2.45) is 35.5 Å². The third-order valence-corrected chi connectivity index (χ3v) is 7.39. The summed E-state index contributed by atoms with van der Waals surface area (Å²) in [6, 6.07) is 4.69. The number of likely N-dealkylation sites (tertiary alicyclic amines) is 1. The zero-order chi connectivity index (χ0) is 21.5. The minimum atomic E-state index is -5.13. The molecule has 0 spiro atoms. The summed E-state index contributed by atoms with van der Waals surface area (Å²) in [4.78, 5) is 40.0. The van der Waals surface area contributed by atoms with E-state index in [2.05, 4.69) is 0 Å². The molecule has 0 N–H and O–H groups in total. The fourth-order valence-electron chi connectivity index (χ4n) is 5.73. The topological polar surface area (TPSA) is 57.7 Å². The largest absolute Gasteiger partial charge is 0.471 e. The lowest BCUT2D eigenvalue weighted by Crippen LogP contribution is -2.49. The lowest BCUT2D eigenvalue weighted by molar-refractivity contribution is -0.171. The van der Waals surface area contributed by atoms with Crippen LogP contribution in [-0.2, 0) is 14.4 Å². The third kappa shape index (κ3) is 2.58. The number of carbonyl (C=O) groups is 3. The van der Waals surface area contributed by atoms with Gasteiger partial charge in [-0.3, -0.25) is 24.2 Å². The summed E-state index contributed by atoms with van der Waals surface area (Å²) in [5, 5.41) is 0. The van der Waals surface area contributed by atoms with Crippen molar-refractivity contribution in [1.29, 1.82) is 0 Å². The van der Waals surface area contributed by atoms with Gasteiger partial charge in [0.25, 0.3) is 0 Å². The maximum Gasteiger partial charge on any atom is 0.471 e. The van der Waals surface area contributed by atoms with E-state index in [9.17, 15) is 27.6 Å². The molecule has 2 saturated carbocycles. The van der Waals surface area contributed by atoms with Crippen LogP contribution in [0.1, 0.15) is 17.5 Å². The number of aryl methyl sites for hydroxylation is 1. The molecule has 158 valence electrons. The lowest BCUT2D eigenvalue weighted by Gasteiger charge is -2.37. The Labute approximate surface area is 171 Å². The van der Waals surface area contributed by atoms with Gasteiger partial charge < -0.3 is 0 Å². The fraction of sp³-hybridized carbons (Fsp3) is 0.500. The first-order valence-electron chi connectivity index (χ1n) is 10.1. The molecule has 6 atom stereocenters. The number of rotatable bonds is 3. The molecule has 3 fully saturated rings. The van der Waals surface area contributed by atoms with Crippen LogP contribution in [0.5, 0.6) is 0 Å². The molecule has 3 amide bonds. The maximum absolute atomic E-state index is 13.4. The Kier molecular flexibility index (Phi) is 3.98. The van der Waals surface area contributed by atoms with E-state index in [1.807, 2.05) is 12.2 Å². The average Bonchev–Trinajstić information content (AvgIpc) is 3.47. The second-order valence-corrected chi connectivity index (χ2v) is 8.85. The van der Waals surface area contributed by atoms with Crippen LogP contribution in [0.3, 0.4) is 0 Å². The van der Waals surface area contributed by atoms with E-state index in [-0.39, 0.29) is 17.5 Å². The Hall–Kier alpha value is -2.64. The number of alkyl halides is 3. The van der Waals surface area contributed by atoms with E-state index in [0.717, 1.165) is 11.3 Å². The van der Waals surface area contributed by atoms with Crippen LogP contribution >= 0.6 is 0 Å². The molecule has 0 unspecified atom stereocenters. The molecule has 4 aliphatic carbocycles. The summed E-state index contributed by atoms with van der Waals surface area (Å²) in [5.41, 5.74) is 1.26. The second-order valence-electron chi connectivity index (χ2n) is 8.85. The number of anilines is 1. The second kappa shape index (κ2) is 6.18. The molecule has 1 heterocycles. The minimum absolute atomic E-state index is 0.0288. The molecule has 2 bridgehead atoms. The van der Waals surface area contributed by atoms with Crippen molar-refractivity contribution in [2.45, 2.75) is 26.4 Å². The van der Waals surface area contributed by atoms with E-state index in [1.54, 1.807) is 26.0 Å². The van der Waals surface area contributed by atoms with Gasteiger partial charge in [0.2, 0.25) is 11.8 Å². The number of carbonyl (C=O) groups excluding carboxylic acids is 3. The van der Waals surface area contributed by atoms with Crippen molar-refractivity contribution >= 4 is 23.4 Å². The molecule has 1 aliphatic heterocycles. The number of allylic oxidation sites excluding steroid dienone is 2. The first-order valence-corrected chi connectivity index (χ1v) is 10.1. The first-order chi connectivity index (χ1) is 14.1. The van der Waals surface area contributed by atoms with Gasteiger partial charge in [-0.05, 0) is 61.1 Å². The number of amides is 3. The molecule has 8 heteroatoms. The Bertz CT molecular complexity index is 966. The van der Waals surface area contributed by atoms with Crippen molar-refractivity contribution in [2.75, 3.05) is 11.6 Å². The van der Waals surface area contributed by atoms with Crippen LogP contribution in [0.15, 0.2) is 30.4 Å². The van der Waals surface area contributed by atoms with Gasteiger partial charge in [0.1, 0.15) is 6.67 Å². The Morgan fingerprint density at radius 1 is 1.07 bits per heavy atom. The molecule has 1 saturated heterocycles. The molecular formula is C22H21F3N2O3. The van der Waals surface area contributed by atoms with Gasteiger partial charge in [0.05, 0.1) is 11.8 Å². The zero-order valence-corrected chi connectivity index (χ0v) is 16.5. The molecule has 5 aliphatic rings. The summed E-state index contributed by atoms with van der Waals surface area (Å²) in [5.74, 6) is -3.31. The Morgan fingerprint density at radius 2 is 1.63 bits per heavy atom. The predicted molar refractivity (Wildman–Crippen MR) is 101 cm³/mol. The normalized spacial score (nSPS) is 33.6. The summed E-state index contributed by atoms with van der Waals surface area (Å²) < 4.78 is 40.1. The molecule has 0 aromatic heterocycles. The van der Waals surface area contributed by atoms with Crippen LogP contribution in [-0.4, -0.2) is 35.5 Å². The summed E-state index contributed by atoms with van der Waals surface area (Å²) in [6.45, 7) is 2.62.